The number of carboxylic acid groups (broad SMARTS) is 1. The summed E-state index contributed by atoms with van der Waals surface area (Å²) in [5.41, 5.74) is 0. The molecule has 0 aromatic carbocycles. The average Bonchev–Trinajstić information content (AvgIpc) is 2.29. The number of alkyl carbamates (subject to hydrolysis) is 1. The van der Waals surface area contributed by atoms with Gasteiger partial charge in [-0.3, -0.25) is 0 Å². The Bertz CT molecular complexity index is 243. The Labute approximate surface area is 99.3 Å². The van der Waals surface area contributed by atoms with Gasteiger partial charge in [0.15, 0.2) is 0 Å². The second-order valence-electron chi connectivity index (χ2n) is 2.87. The molecule has 98 valence electrons. The maximum absolute atomic E-state index is 10.9. The Morgan fingerprint density at radius 2 is 1.94 bits per heavy atom. The minimum atomic E-state index is -1.02. The van der Waals surface area contributed by atoms with Crippen LogP contribution in [0.2, 0.25) is 0 Å². The SMILES string of the molecule is C=CCOC(=O)NCCOCCOCC(=O)O. The lowest BCUT2D eigenvalue weighted by Gasteiger charge is -2.06. The Kier molecular flexibility index (Phi) is 9.88. The van der Waals surface area contributed by atoms with Gasteiger partial charge < -0.3 is 24.6 Å². The van der Waals surface area contributed by atoms with Crippen LogP contribution < -0.4 is 5.32 Å². The van der Waals surface area contributed by atoms with E-state index in [-0.39, 0.29) is 26.4 Å². The average molecular weight is 247 g/mol. The molecule has 0 atom stereocenters. The molecule has 0 aliphatic rings. The largest absolute Gasteiger partial charge is 0.480 e. The van der Waals surface area contributed by atoms with Crippen molar-refractivity contribution >= 4 is 12.1 Å². The van der Waals surface area contributed by atoms with Crippen molar-refractivity contribution in [3.63, 3.8) is 0 Å². The molecule has 1 amide bonds. The van der Waals surface area contributed by atoms with Gasteiger partial charge in [-0.25, -0.2) is 9.59 Å². The summed E-state index contributed by atoms with van der Waals surface area (Å²) >= 11 is 0. The summed E-state index contributed by atoms with van der Waals surface area (Å²) in [5, 5.41) is 10.7. The fourth-order valence-electron chi connectivity index (χ4n) is 0.790. The topological polar surface area (TPSA) is 94.1 Å². The molecule has 0 heterocycles. The van der Waals surface area contributed by atoms with Crippen molar-refractivity contribution in [2.75, 3.05) is 39.6 Å². The van der Waals surface area contributed by atoms with E-state index in [1.54, 1.807) is 0 Å². The number of nitrogens with one attached hydrogen (secondary N) is 1. The van der Waals surface area contributed by atoms with E-state index in [1.165, 1.54) is 6.08 Å². The molecule has 0 saturated carbocycles. The zero-order valence-electron chi connectivity index (χ0n) is 9.52. The molecule has 0 aromatic heterocycles. The molecule has 0 bridgehead atoms. The molecular formula is C10H17NO6. The summed E-state index contributed by atoms with van der Waals surface area (Å²) in [5.74, 6) is -1.02. The third kappa shape index (κ3) is 12.3. The number of carbonyl (C=O) groups is 2. The first-order chi connectivity index (χ1) is 8.16. The van der Waals surface area contributed by atoms with Crippen molar-refractivity contribution in [3.05, 3.63) is 12.7 Å². The van der Waals surface area contributed by atoms with Crippen molar-refractivity contribution in [1.29, 1.82) is 0 Å². The number of ether oxygens (including phenoxy) is 3. The molecule has 0 aliphatic heterocycles. The van der Waals surface area contributed by atoms with Gasteiger partial charge in [0.1, 0.15) is 13.2 Å². The molecule has 0 unspecified atom stereocenters. The van der Waals surface area contributed by atoms with E-state index in [1.807, 2.05) is 0 Å². The fourth-order valence-corrected chi connectivity index (χ4v) is 0.790. The van der Waals surface area contributed by atoms with Gasteiger partial charge >= 0.3 is 12.1 Å². The lowest BCUT2D eigenvalue weighted by molar-refractivity contribution is -0.142. The van der Waals surface area contributed by atoms with Crippen LogP contribution in [0.1, 0.15) is 0 Å². The third-order valence-electron chi connectivity index (χ3n) is 1.45. The molecule has 17 heavy (non-hydrogen) atoms. The summed E-state index contributed by atoms with van der Waals surface area (Å²) < 4.78 is 14.4. The highest BCUT2D eigenvalue weighted by molar-refractivity contribution is 5.68. The van der Waals surface area contributed by atoms with Gasteiger partial charge in [0.05, 0.1) is 19.8 Å². The molecule has 7 nitrogen and oxygen atoms in total. The fraction of sp³-hybridized carbons (Fsp3) is 0.600. The Balaban J connectivity index is 3.15. The molecule has 7 heteroatoms. The predicted molar refractivity (Wildman–Crippen MR) is 58.8 cm³/mol. The van der Waals surface area contributed by atoms with Crippen LogP contribution >= 0.6 is 0 Å². The number of hydrogen-bond acceptors (Lipinski definition) is 5. The van der Waals surface area contributed by atoms with Crippen molar-refractivity contribution in [2.24, 2.45) is 0 Å². The van der Waals surface area contributed by atoms with Crippen LogP contribution in [0.3, 0.4) is 0 Å². The maximum Gasteiger partial charge on any atom is 0.407 e. The first-order valence-corrected chi connectivity index (χ1v) is 5.05. The van der Waals surface area contributed by atoms with Gasteiger partial charge in [0.2, 0.25) is 0 Å². The minimum Gasteiger partial charge on any atom is -0.480 e. The van der Waals surface area contributed by atoms with Crippen LogP contribution in [0.4, 0.5) is 4.79 Å². The van der Waals surface area contributed by atoms with Gasteiger partial charge in [-0.1, -0.05) is 12.7 Å². The molecule has 0 radical (unpaired) electrons. The predicted octanol–water partition coefficient (Wildman–Crippen LogP) is 0.0164. The summed E-state index contributed by atoms with van der Waals surface area (Å²) in [6.07, 6.45) is 0.936. The van der Waals surface area contributed by atoms with E-state index in [2.05, 4.69) is 16.6 Å². The third-order valence-corrected chi connectivity index (χ3v) is 1.45. The molecule has 0 fully saturated rings. The molecule has 2 N–H and O–H groups in total. The number of carboxylic acids is 1. The van der Waals surface area contributed by atoms with Crippen molar-refractivity contribution < 1.29 is 28.9 Å². The van der Waals surface area contributed by atoms with Crippen LogP contribution in [-0.2, 0) is 19.0 Å². The highest BCUT2D eigenvalue weighted by atomic mass is 16.6. The van der Waals surface area contributed by atoms with Gasteiger partial charge in [-0.05, 0) is 0 Å². The van der Waals surface area contributed by atoms with Crippen molar-refractivity contribution in [1.82, 2.24) is 5.32 Å². The van der Waals surface area contributed by atoms with Crippen LogP contribution in [0.15, 0.2) is 12.7 Å². The lowest BCUT2D eigenvalue weighted by Crippen LogP contribution is -2.28. The molecule has 0 aromatic rings. The normalized spacial score (nSPS) is 9.65. The lowest BCUT2D eigenvalue weighted by atomic mass is 10.6. The molecule has 0 aliphatic carbocycles. The van der Waals surface area contributed by atoms with E-state index in [0.717, 1.165) is 0 Å². The number of aliphatic carboxylic acids is 1. The summed E-state index contributed by atoms with van der Waals surface area (Å²) in [4.78, 5) is 20.9. The number of carbonyl (C=O) groups excluding carboxylic acids is 1. The smallest absolute Gasteiger partial charge is 0.407 e. The second-order valence-corrected chi connectivity index (χ2v) is 2.87. The standard InChI is InChI=1S/C10H17NO6/c1-2-4-17-10(14)11-3-5-15-6-7-16-8-9(12)13/h2H,1,3-8H2,(H,11,14)(H,12,13). The molecule has 0 rings (SSSR count). The number of amides is 1. The first kappa shape index (κ1) is 15.4. The maximum atomic E-state index is 10.9. The Morgan fingerprint density at radius 3 is 2.59 bits per heavy atom. The summed E-state index contributed by atoms with van der Waals surface area (Å²) in [6, 6.07) is 0. The highest BCUT2D eigenvalue weighted by Crippen LogP contribution is 1.80. The van der Waals surface area contributed by atoms with Gasteiger partial charge in [0, 0.05) is 6.54 Å². The number of hydrogen-bond donors (Lipinski definition) is 2. The first-order valence-electron chi connectivity index (χ1n) is 5.05. The van der Waals surface area contributed by atoms with E-state index >= 15 is 0 Å². The Hall–Kier alpha value is -1.60. The zero-order chi connectivity index (χ0) is 12.9. The van der Waals surface area contributed by atoms with Crippen LogP contribution in [-0.4, -0.2) is 56.7 Å². The van der Waals surface area contributed by atoms with Crippen molar-refractivity contribution in [2.45, 2.75) is 0 Å². The van der Waals surface area contributed by atoms with Gasteiger partial charge in [-0.15, -0.1) is 0 Å². The minimum absolute atomic E-state index is 0.162. The molecular weight excluding hydrogens is 230 g/mol. The quantitative estimate of drug-likeness (QED) is 0.417. The van der Waals surface area contributed by atoms with Gasteiger partial charge in [0.25, 0.3) is 0 Å². The Morgan fingerprint density at radius 1 is 1.24 bits per heavy atom. The zero-order valence-corrected chi connectivity index (χ0v) is 9.52. The van der Waals surface area contributed by atoms with Crippen LogP contribution in [0, 0.1) is 0 Å². The molecule has 0 spiro atoms. The summed E-state index contributed by atoms with van der Waals surface area (Å²) in [6.45, 7) is 4.32. The molecule has 0 saturated heterocycles. The van der Waals surface area contributed by atoms with Crippen molar-refractivity contribution in [3.8, 4) is 0 Å². The monoisotopic (exact) mass is 247 g/mol. The number of rotatable bonds is 10. The van der Waals surface area contributed by atoms with Crippen LogP contribution in [0.5, 0.6) is 0 Å². The van der Waals surface area contributed by atoms with Crippen LogP contribution in [0.25, 0.3) is 0 Å². The second kappa shape index (κ2) is 10.9. The van der Waals surface area contributed by atoms with Gasteiger partial charge in [-0.2, -0.15) is 0 Å². The van der Waals surface area contributed by atoms with E-state index < -0.39 is 12.1 Å². The van der Waals surface area contributed by atoms with E-state index in [4.69, 9.17) is 14.6 Å². The van der Waals surface area contributed by atoms with E-state index in [0.29, 0.717) is 13.2 Å². The summed E-state index contributed by atoms with van der Waals surface area (Å²) in [7, 11) is 0. The highest BCUT2D eigenvalue weighted by Gasteiger charge is 1.99. The van der Waals surface area contributed by atoms with E-state index in [9.17, 15) is 9.59 Å².